The fourth-order valence-electron chi connectivity index (χ4n) is 5.82. The van der Waals surface area contributed by atoms with Crippen molar-refractivity contribution in [3.63, 3.8) is 0 Å². The first-order valence-corrected chi connectivity index (χ1v) is 15.3. The summed E-state index contributed by atoms with van der Waals surface area (Å²) in [5.41, 5.74) is 8.44. The third kappa shape index (κ3) is 4.68. The first-order valence-electron chi connectivity index (χ1n) is 14.5. The second-order valence-electron chi connectivity index (χ2n) is 10.7. The molecule has 0 atom stereocenters. The number of rotatable bonds is 5. The van der Waals surface area contributed by atoms with Crippen LogP contribution in [0.2, 0.25) is 0 Å². The molecule has 0 aliphatic heterocycles. The maximum absolute atomic E-state index is 5.03. The molecule has 0 N–H and O–H groups in total. The van der Waals surface area contributed by atoms with E-state index in [0.29, 0.717) is 17.5 Å². The molecule has 208 valence electrons. The van der Waals surface area contributed by atoms with Gasteiger partial charge in [-0.3, -0.25) is 0 Å². The first-order chi connectivity index (χ1) is 21.7. The van der Waals surface area contributed by atoms with Gasteiger partial charge in [0.15, 0.2) is 17.5 Å². The van der Waals surface area contributed by atoms with Crippen molar-refractivity contribution in [3.05, 3.63) is 156 Å². The monoisotopic (exact) mass is 628 g/mol. The Balaban J connectivity index is 1.29. The standard InChI is InChI=1S/C39H25BrN4/c40-34-19-10-18-33-32-17-7-8-20-35(32)44(36(33)34)31-16-9-15-30(25-31)39-42-37(28-13-5-2-6-14-28)41-38(43-39)29-23-21-27(22-24-29)26-11-3-1-4-12-26/h1-25H. The summed E-state index contributed by atoms with van der Waals surface area (Å²) in [6.07, 6.45) is 0. The largest absolute Gasteiger partial charge is 0.308 e. The van der Waals surface area contributed by atoms with Crippen LogP contribution in [0.4, 0.5) is 0 Å². The third-order valence-corrected chi connectivity index (χ3v) is 8.57. The molecule has 6 aromatic carbocycles. The molecule has 8 rings (SSSR count). The summed E-state index contributed by atoms with van der Waals surface area (Å²) >= 11 is 3.82. The van der Waals surface area contributed by atoms with Crippen LogP contribution in [0.25, 0.3) is 72.8 Å². The third-order valence-electron chi connectivity index (χ3n) is 7.93. The van der Waals surface area contributed by atoms with Gasteiger partial charge in [-0.25, -0.2) is 15.0 Å². The van der Waals surface area contributed by atoms with Gasteiger partial charge in [0, 0.05) is 37.6 Å². The molecule has 4 nitrogen and oxygen atoms in total. The Labute approximate surface area is 263 Å². The molecule has 2 aromatic heterocycles. The van der Waals surface area contributed by atoms with E-state index in [1.54, 1.807) is 0 Å². The molecule has 0 aliphatic rings. The molecule has 44 heavy (non-hydrogen) atoms. The molecule has 0 aliphatic carbocycles. The fourth-order valence-corrected chi connectivity index (χ4v) is 6.37. The highest BCUT2D eigenvalue weighted by molar-refractivity contribution is 9.10. The van der Waals surface area contributed by atoms with E-state index in [1.165, 1.54) is 16.3 Å². The van der Waals surface area contributed by atoms with Gasteiger partial charge < -0.3 is 4.57 Å². The van der Waals surface area contributed by atoms with Crippen LogP contribution in [-0.2, 0) is 0 Å². The summed E-state index contributed by atoms with van der Waals surface area (Å²) in [4.78, 5) is 14.9. The number of para-hydroxylation sites is 2. The van der Waals surface area contributed by atoms with Gasteiger partial charge in [-0.1, -0.05) is 127 Å². The van der Waals surface area contributed by atoms with Gasteiger partial charge in [-0.05, 0) is 51.3 Å². The Hall–Kier alpha value is -5.39. The molecule has 0 radical (unpaired) electrons. The number of hydrogen-bond acceptors (Lipinski definition) is 3. The van der Waals surface area contributed by atoms with E-state index in [9.17, 15) is 0 Å². The molecular formula is C39H25BrN4. The molecule has 0 fully saturated rings. The van der Waals surface area contributed by atoms with Crippen LogP contribution in [0.15, 0.2) is 156 Å². The van der Waals surface area contributed by atoms with Crippen LogP contribution in [0.1, 0.15) is 0 Å². The lowest BCUT2D eigenvalue weighted by Gasteiger charge is -2.12. The van der Waals surface area contributed by atoms with Gasteiger partial charge in [0.25, 0.3) is 0 Å². The molecule has 0 saturated heterocycles. The molecule has 2 heterocycles. The Morgan fingerprint density at radius 3 is 1.64 bits per heavy atom. The fraction of sp³-hybridized carbons (Fsp3) is 0. The maximum Gasteiger partial charge on any atom is 0.164 e. The number of aromatic nitrogens is 4. The van der Waals surface area contributed by atoms with Crippen LogP contribution in [0, 0.1) is 0 Å². The predicted molar refractivity (Wildman–Crippen MR) is 184 cm³/mol. The van der Waals surface area contributed by atoms with Gasteiger partial charge in [-0.15, -0.1) is 0 Å². The second-order valence-corrected chi connectivity index (χ2v) is 11.5. The second kappa shape index (κ2) is 11.0. The SMILES string of the molecule is Brc1cccc2c3ccccc3n(-c3cccc(-c4nc(-c5ccccc5)nc(-c5ccc(-c6ccccc6)cc5)n4)c3)c12. The molecule has 0 unspecified atom stereocenters. The number of fused-ring (bicyclic) bond motifs is 3. The zero-order valence-corrected chi connectivity index (χ0v) is 25.2. The van der Waals surface area contributed by atoms with E-state index >= 15 is 0 Å². The van der Waals surface area contributed by atoms with Crippen molar-refractivity contribution in [3.8, 4) is 51.0 Å². The predicted octanol–water partition coefficient (Wildman–Crippen LogP) is 10.4. The Bertz CT molecular complexity index is 2270. The van der Waals surface area contributed by atoms with E-state index in [1.807, 2.05) is 36.4 Å². The number of benzene rings is 6. The first kappa shape index (κ1) is 26.3. The average Bonchev–Trinajstić information content (AvgIpc) is 3.45. The quantitative estimate of drug-likeness (QED) is 0.190. The molecular weight excluding hydrogens is 604 g/mol. The summed E-state index contributed by atoms with van der Waals surface area (Å²) in [5, 5.41) is 2.41. The Kier molecular flexibility index (Phi) is 6.58. The van der Waals surface area contributed by atoms with Crippen molar-refractivity contribution in [2.45, 2.75) is 0 Å². The summed E-state index contributed by atoms with van der Waals surface area (Å²) in [5.74, 6) is 1.91. The van der Waals surface area contributed by atoms with Crippen molar-refractivity contribution < 1.29 is 0 Å². The Morgan fingerprint density at radius 1 is 0.409 bits per heavy atom. The van der Waals surface area contributed by atoms with E-state index in [4.69, 9.17) is 15.0 Å². The Morgan fingerprint density at radius 2 is 0.909 bits per heavy atom. The van der Waals surface area contributed by atoms with Crippen molar-refractivity contribution in [2.75, 3.05) is 0 Å². The van der Waals surface area contributed by atoms with E-state index in [-0.39, 0.29) is 0 Å². The van der Waals surface area contributed by atoms with Gasteiger partial charge >= 0.3 is 0 Å². The lowest BCUT2D eigenvalue weighted by Crippen LogP contribution is -2.01. The minimum absolute atomic E-state index is 0.627. The van der Waals surface area contributed by atoms with Crippen LogP contribution in [-0.4, -0.2) is 19.5 Å². The summed E-state index contributed by atoms with van der Waals surface area (Å²) < 4.78 is 3.35. The van der Waals surface area contributed by atoms with Gasteiger partial charge in [0.1, 0.15) is 0 Å². The summed E-state index contributed by atoms with van der Waals surface area (Å²) in [6, 6.07) is 52.2. The van der Waals surface area contributed by atoms with Crippen molar-refractivity contribution >= 4 is 37.7 Å². The summed E-state index contributed by atoms with van der Waals surface area (Å²) in [6.45, 7) is 0. The van der Waals surface area contributed by atoms with Crippen LogP contribution >= 0.6 is 15.9 Å². The zero-order chi connectivity index (χ0) is 29.5. The molecule has 0 bridgehead atoms. The highest BCUT2D eigenvalue weighted by Gasteiger charge is 2.17. The van der Waals surface area contributed by atoms with E-state index in [0.717, 1.165) is 43.4 Å². The van der Waals surface area contributed by atoms with Crippen molar-refractivity contribution in [1.82, 2.24) is 19.5 Å². The zero-order valence-electron chi connectivity index (χ0n) is 23.6. The summed E-state index contributed by atoms with van der Waals surface area (Å²) in [7, 11) is 0. The lowest BCUT2D eigenvalue weighted by molar-refractivity contribution is 1.07. The lowest BCUT2D eigenvalue weighted by atomic mass is 10.0. The average molecular weight is 630 g/mol. The number of hydrogen-bond donors (Lipinski definition) is 0. The van der Waals surface area contributed by atoms with E-state index < -0.39 is 0 Å². The molecule has 0 amide bonds. The minimum Gasteiger partial charge on any atom is -0.308 e. The highest BCUT2D eigenvalue weighted by atomic mass is 79.9. The topological polar surface area (TPSA) is 43.6 Å². The number of nitrogens with zero attached hydrogens (tertiary/aromatic N) is 4. The number of halogens is 1. The van der Waals surface area contributed by atoms with Crippen molar-refractivity contribution in [2.24, 2.45) is 0 Å². The van der Waals surface area contributed by atoms with Crippen LogP contribution in [0.5, 0.6) is 0 Å². The van der Waals surface area contributed by atoms with Crippen molar-refractivity contribution in [1.29, 1.82) is 0 Å². The van der Waals surface area contributed by atoms with Gasteiger partial charge in [0.2, 0.25) is 0 Å². The van der Waals surface area contributed by atoms with Gasteiger partial charge in [0.05, 0.1) is 11.0 Å². The van der Waals surface area contributed by atoms with E-state index in [2.05, 4.69) is 136 Å². The maximum atomic E-state index is 5.03. The van der Waals surface area contributed by atoms with Gasteiger partial charge in [-0.2, -0.15) is 0 Å². The van der Waals surface area contributed by atoms with Crippen LogP contribution in [0.3, 0.4) is 0 Å². The normalized spacial score (nSPS) is 11.3. The molecule has 0 spiro atoms. The highest BCUT2D eigenvalue weighted by Crippen LogP contribution is 2.37. The smallest absolute Gasteiger partial charge is 0.164 e. The van der Waals surface area contributed by atoms with Crippen LogP contribution < -0.4 is 0 Å². The molecule has 5 heteroatoms. The molecule has 0 saturated carbocycles. The molecule has 8 aromatic rings. The minimum atomic E-state index is 0.627.